The second-order valence-electron chi connectivity index (χ2n) is 16.1. The van der Waals surface area contributed by atoms with Gasteiger partial charge in [0.25, 0.3) is 0 Å². The van der Waals surface area contributed by atoms with Gasteiger partial charge in [0.05, 0.1) is 11.7 Å². The number of carbonyl (C=O) groups excluding carboxylic acids is 1. The van der Waals surface area contributed by atoms with Crippen LogP contribution in [0.3, 0.4) is 0 Å². The Balaban J connectivity index is 1.22. The number of aryl methyl sites for hydroxylation is 1. The van der Waals surface area contributed by atoms with Crippen LogP contribution in [-0.4, -0.2) is 101 Å². The zero-order valence-electron chi connectivity index (χ0n) is 31.1. The van der Waals surface area contributed by atoms with E-state index in [1.165, 1.54) is 18.9 Å². The summed E-state index contributed by atoms with van der Waals surface area (Å²) in [7, 11) is 2.18. The molecule has 4 aromatic rings. The maximum atomic E-state index is 14.0. The predicted octanol–water partition coefficient (Wildman–Crippen LogP) is 7.71. The summed E-state index contributed by atoms with van der Waals surface area (Å²) in [5, 5.41) is 8.54. The lowest BCUT2D eigenvalue weighted by atomic mass is 9.67. The van der Waals surface area contributed by atoms with Crippen molar-refractivity contribution in [2.45, 2.75) is 70.6 Å². The highest BCUT2D eigenvalue weighted by Gasteiger charge is 2.47. The predicted molar refractivity (Wildman–Crippen MR) is 204 cm³/mol. The number of alkyl halides is 3. The molecule has 1 N–H and O–H groups in total. The number of halogens is 3. The number of likely N-dealkylation sites (tertiary alicyclic amines) is 2. The molecule has 2 spiro atoms. The summed E-state index contributed by atoms with van der Waals surface area (Å²) in [5.41, 5.74) is 3.94. The number of benzene rings is 2. The maximum absolute atomic E-state index is 14.0. The number of aromatic nitrogens is 4. The summed E-state index contributed by atoms with van der Waals surface area (Å²) in [5.74, 6) is 0.539. The summed E-state index contributed by atoms with van der Waals surface area (Å²) in [4.78, 5) is 28.6. The first kappa shape index (κ1) is 36.3. The highest BCUT2D eigenvalue weighted by Crippen LogP contribution is 2.49. The van der Waals surface area contributed by atoms with Gasteiger partial charge in [0.15, 0.2) is 12.4 Å². The number of nitrogens with zero attached hydrogens (tertiary/aromatic N) is 6. The van der Waals surface area contributed by atoms with Gasteiger partial charge in [-0.3, -0.25) is 9.89 Å². The monoisotopic (exact) mass is 743 g/mol. The molecule has 3 saturated heterocycles. The van der Waals surface area contributed by atoms with E-state index >= 15 is 0 Å². The molecule has 0 atom stereocenters. The molecular weight excluding hydrogens is 695 g/mol. The van der Waals surface area contributed by atoms with Crippen molar-refractivity contribution in [2.75, 3.05) is 57.8 Å². The molecule has 0 radical (unpaired) electrons. The topological polar surface area (TPSA) is 99.7 Å². The minimum Gasteiger partial charge on any atom is -0.481 e. The van der Waals surface area contributed by atoms with Gasteiger partial charge in [-0.1, -0.05) is 25.3 Å². The Bertz CT molecular complexity index is 2080. The molecular formula is C41H48F3N7O3. The van der Waals surface area contributed by atoms with Crippen LogP contribution >= 0.6 is 0 Å². The number of rotatable bonds is 8. The number of aromatic amines is 1. The largest absolute Gasteiger partial charge is 0.481 e. The van der Waals surface area contributed by atoms with Crippen molar-refractivity contribution in [3.63, 3.8) is 0 Å². The van der Waals surface area contributed by atoms with E-state index in [0.29, 0.717) is 59.5 Å². The second kappa shape index (κ2) is 13.9. The van der Waals surface area contributed by atoms with Crippen LogP contribution in [0.2, 0.25) is 0 Å². The summed E-state index contributed by atoms with van der Waals surface area (Å²) < 4.78 is 54.6. The first-order valence-electron chi connectivity index (χ1n) is 19.0. The Morgan fingerprint density at radius 1 is 0.981 bits per heavy atom. The van der Waals surface area contributed by atoms with E-state index in [-0.39, 0.29) is 34.7 Å². The molecule has 1 saturated carbocycles. The van der Waals surface area contributed by atoms with Crippen molar-refractivity contribution in [3.8, 4) is 22.9 Å². The van der Waals surface area contributed by atoms with Crippen LogP contribution in [0.4, 0.5) is 19.0 Å². The van der Waals surface area contributed by atoms with E-state index in [0.717, 1.165) is 68.1 Å². The highest BCUT2D eigenvalue weighted by atomic mass is 19.4. The Kier molecular flexibility index (Phi) is 9.34. The number of nitrogens with one attached hydrogen (secondary N) is 1. The van der Waals surface area contributed by atoms with Gasteiger partial charge >= 0.3 is 12.2 Å². The van der Waals surface area contributed by atoms with Gasteiger partial charge in [0.1, 0.15) is 17.4 Å². The number of fused-ring (bicyclic) bond motifs is 2. The van der Waals surface area contributed by atoms with Crippen molar-refractivity contribution in [3.05, 3.63) is 54.8 Å². The Hall–Kier alpha value is -4.65. The third kappa shape index (κ3) is 6.80. The third-order valence-electron chi connectivity index (χ3n) is 12.6. The van der Waals surface area contributed by atoms with Gasteiger partial charge in [-0.25, -0.2) is 0 Å². The number of ether oxygens (including phenoxy) is 2. The van der Waals surface area contributed by atoms with Gasteiger partial charge < -0.3 is 24.2 Å². The Labute approximate surface area is 313 Å². The van der Waals surface area contributed by atoms with Crippen LogP contribution in [0.5, 0.6) is 11.8 Å². The average molecular weight is 744 g/mol. The van der Waals surface area contributed by atoms with Gasteiger partial charge in [-0.2, -0.15) is 28.2 Å². The Morgan fingerprint density at radius 3 is 2.35 bits per heavy atom. The summed E-state index contributed by atoms with van der Waals surface area (Å²) >= 11 is 0. The average Bonchev–Trinajstić information content (AvgIpc) is 3.63. The zero-order valence-corrected chi connectivity index (χ0v) is 31.1. The summed E-state index contributed by atoms with van der Waals surface area (Å²) in [6.07, 6.45) is 7.86. The molecule has 5 heterocycles. The minimum absolute atomic E-state index is 0.00463. The number of hydrogen-bond acceptors (Lipinski definition) is 8. The molecule has 0 bridgehead atoms. The lowest BCUT2D eigenvalue weighted by Crippen LogP contribution is -2.61. The van der Waals surface area contributed by atoms with E-state index in [1.54, 1.807) is 12.3 Å². The molecule has 1 amide bonds. The van der Waals surface area contributed by atoms with Crippen molar-refractivity contribution >= 4 is 39.6 Å². The number of carbonyl (C=O) groups is 1. The van der Waals surface area contributed by atoms with Crippen LogP contribution in [0.1, 0.15) is 62.5 Å². The van der Waals surface area contributed by atoms with Crippen molar-refractivity contribution in [1.82, 2.24) is 30.0 Å². The molecule has 3 aliphatic heterocycles. The smallest absolute Gasteiger partial charge is 0.422 e. The summed E-state index contributed by atoms with van der Waals surface area (Å²) in [6, 6.07) is 5.86. The SMILES string of the molecule is C=CC(=O)N1CC2(CCN(c3nc(OC4CCC5(CC4)CCN(C)CC5)nc4c(OCC(F)(F)F)c(-c5c(C)ccc6[nH]ncc56)c(C=C)cc34)CC2)C1. The zero-order chi connectivity index (χ0) is 37.8. The fourth-order valence-corrected chi connectivity index (χ4v) is 9.31. The van der Waals surface area contributed by atoms with Crippen molar-refractivity contribution < 1.29 is 27.4 Å². The van der Waals surface area contributed by atoms with Crippen LogP contribution in [0, 0.1) is 17.8 Å². The molecule has 13 heteroatoms. The van der Waals surface area contributed by atoms with E-state index in [9.17, 15) is 18.0 Å². The molecule has 4 fully saturated rings. The second-order valence-corrected chi connectivity index (χ2v) is 16.1. The van der Waals surface area contributed by atoms with E-state index in [2.05, 4.69) is 40.2 Å². The highest BCUT2D eigenvalue weighted by molar-refractivity contribution is 6.07. The number of hydrogen-bond donors (Lipinski definition) is 1. The van der Waals surface area contributed by atoms with Gasteiger partial charge in [-0.05, 0) is 119 Å². The number of H-pyrrole nitrogens is 1. The molecule has 1 aliphatic carbocycles. The maximum Gasteiger partial charge on any atom is 0.422 e. The minimum atomic E-state index is -4.60. The third-order valence-corrected chi connectivity index (χ3v) is 12.6. The molecule has 4 aliphatic rings. The first-order chi connectivity index (χ1) is 25.9. The van der Waals surface area contributed by atoms with Crippen molar-refractivity contribution in [2.24, 2.45) is 10.8 Å². The lowest BCUT2D eigenvalue weighted by molar-refractivity contribution is -0.153. The van der Waals surface area contributed by atoms with E-state index in [4.69, 9.17) is 19.4 Å². The van der Waals surface area contributed by atoms with Crippen LogP contribution in [-0.2, 0) is 4.79 Å². The van der Waals surface area contributed by atoms with Crippen molar-refractivity contribution in [1.29, 1.82) is 0 Å². The van der Waals surface area contributed by atoms with Gasteiger partial charge in [-0.15, -0.1) is 0 Å². The number of amides is 1. The van der Waals surface area contributed by atoms with Gasteiger partial charge in [0, 0.05) is 47.9 Å². The summed E-state index contributed by atoms with van der Waals surface area (Å²) in [6.45, 7) is 13.0. The van der Waals surface area contributed by atoms with E-state index in [1.807, 2.05) is 30.0 Å². The first-order valence-corrected chi connectivity index (χ1v) is 19.0. The lowest BCUT2D eigenvalue weighted by Gasteiger charge is -2.54. The molecule has 8 rings (SSSR count). The molecule has 2 aromatic heterocycles. The molecule has 2 aromatic carbocycles. The molecule has 10 nitrogen and oxygen atoms in total. The number of anilines is 1. The Morgan fingerprint density at radius 2 is 1.69 bits per heavy atom. The quantitative estimate of drug-likeness (QED) is 0.183. The van der Waals surface area contributed by atoms with Crippen LogP contribution in [0.15, 0.2) is 43.6 Å². The molecule has 0 unspecified atom stereocenters. The fourth-order valence-electron chi connectivity index (χ4n) is 9.31. The van der Waals surface area contributed by atoms with Crippen LogP contribution < -0.4 is 14.4 Å². The fraction of sp³-hybridized carbons (Fsp3) is 0.512. The van der Waals surface area contributed by atoms with Gasteiger partial charge in [0.2, 0.25) is 5.91 Å². The molecule has 286 valence electrons. The van der Waals surface area contributed by atoms with E-state index < -0.39 is 12.8 Å². The standard InChI is InChI=1S/C41H48F3N7O3/c1-5-27-21-29-35(36(53-25-41(42,43)44)34(27)33-26(3)7-8-31-30(33)22-45-48-31)46-38(54-28-9-11-39(12-10-28)13-17-49(4)18-14-39)47-37(29)50-19-15-40(16-20-50)23-51(24-40)32(52)6-2/h5-8,21-22,28H,1-2,9-20,23-25H2,3-4H3,(H,45,48). The van der Waals surface area contributed by atoms with Crippen LogP contribution in [0.25, 0.3) is 39.0 Å². The normalized spacial score (nSPS) is 20.4. The number of piperidine rings is 2. The molecule has 54 heavy (non-hydrogen) atoms.